The van der Waals surface area contributed by atoms with Crippen LogP contribution in [0.3, 0.4) is 0 Å². The van der Waals surface area contributed by atoms with Crippen molar-refractivity contribution >= 4 is 34.1 Å². The number of nitro groups is 6. The van der Waals surface area contributed by atoms with Crippen LogP contribution in [0.2, 0.25) is 0 Å². The van der Waals surface area contributed by atoms with Crippen molar-refractivity contribution in [1.82, 2.24) is 0 Å². The molecule has 0 aliphatic rings. The number of non-ortho nitro benzene ring substituents is 2. The number of phenols is 2. The first-order valence-electron chi connectivity index (χ1n) is 11.0. The monoisotopic (exact) mass is 638 g/mol. The quantitative estimate of drug-likeness (QED) is 0.120. The lowest BCUT2D eigenvalue weighted by Crippen LogP contribution is -2.13. The maximum Gasteiger partial charge on any atom is 0.324 e. The number of hydrogen-bond acceptors (Lipinski definition) is 20. The number of benzene rings is 2. The van der Waals surface area contributed by atoms with E-state index in [1.165, 1.54) is 0 Å². The van der Waals surface area contributed by atoms with Crippen molar-refractivity contribution in [3.63, 3.8) is 0 Å². The molecule has 2 aromatic rings. The summed E-state index contributed by atoms with van der Waals surface area (Å²) in [6.45, 7) is 2.79. The second kappa shape index (κ2) is 19.3. The fraction of sp³-hybridized carbons (Fsp3) is 0.333. The molecule has 0 radical (unpaired) electrons. The van der Waals surface area contributed by atoms with Gasteiger partial charge in [-0.3, -0.25) is 60.7 Å². The zero-order valence-corrected chi connectivity index (χ0v) is 21.8. The van der Waals surface area contributed by atoms with E-state index in [1.54, 1.807) is 0 Å². The van der Waals surface area contributed by atoms with Crippen molar-refractivity contribution in [3.05, 3.63) is 85.0 Å². The molecule has 0 fully saturated rings. The number of rotatable bonds is 15. The van der Waals surface area contributed by atoms with Crippen LogP contribution in [-0.2, 0) is 19.1 Å². The van der Waals surface area contributed by atoms with Crippen LogP contribution in [0.5, 0.6) is 11.5 Å². The molecule has 26 nitrogen and oxygen atoms in total. The molecule has 0 unspecified atom stereocenters. The van der Waals surface area contributed by atoms with Crippen LogP contribution in [0.15, 0.2) is 24.3 Å². The van der Waals surface area contributed by atoms with Gasteiger partial charge < -0.3 is 29.4 Å². The zero-order valence-electron chi connectivity index (χ0n) is 21.8. The van der Waals surface area contributed by atoms with Crippen molar-refractivity contribution in [2.75, 3.05) is 39.6 Å². The maximum atomic E-state index is 10.4. The molecule has 44 heavy (non-hydrogen) atoms. The second-order valence-electron chi connectivity index (χ2n) is 7.17. The average Bonchev–Trinajstić information content (AvgIpc) is 2.94. The van der Waals surface area contributed by atoms with E-state index in [4.69, 9.17) is 31.5 Å². The summed E-state index contributed by atoms with van der Waals surface area (Å²) in [6, 6.07) is 1.79. The van der Waals surface area contributed by atoms with Crippen LogP contribution in [0, 0.1) is 60.7 Å². The first-order chi connectivity index (χ1) is 20.6. The summed E-state index contributed by atoms with van der Waals surface area (Å²) >= 11 is 0. The summed E-state index contributed by atoms with van der Waals surface area (Å²) in [5.41, 5.74) is -6.00. The van der Waals surface area contributed by atoms with E-state index in [9.17, 15) is 60.7 Å². The Morgan fingerprint density at radius 3 is 0.886 bits per heavy atom. The number of hydrogen-bond donors (Lipinski definition) is 4. The molecule has 0 aromatic heterocycles. The Morgan fingerprint density at radius 1 is 0.477 bits per heavy atom. The lowest BCUT2D eigenvalue weighted by atomic mass is 10.2. The highest BCUT2D eigenvalue weighted by molar-refractivity contribution is 5.65. The highest BCUT2D eigenvalue weighted by Crippen LogP contribution is 2.40. The van der Waals surface area contributed by atoms with E-state index < -0.39 is 75.2 Å². The largest absolute Gasteiger partial charge is 0.497 e. The Balaban J connectivity index is 0.000000639. The van der Waals surface area contributed by atoms with E-state index >= 15 is 0 Å². The van der Waals surface area contributed by atoms with Gasteiger partial charge in [0.05, 0.1) is 93.4 Å². The van der Waals surface area contributed by atoms with Crippen LogP contribution < -0.4 is 11.8 Å². The summed E-state index contributed by atoms with van der Waals surface area (Å²) < 4.78 is 10.1. The Hall–Kier alpha value is -5.80. The molecule has 0 aliphatic heterocycles. The van der Waals surface area contributed by atoms with Gasteiger partial charge in [-0.15, -0.1) is 0 Å². The maximum absolute atomic E-state index is 10.4. The van der Waals surface area contributed by atoms with Crippen molar-refractivity contribution in [3.8, 4) is 11.5 Å². The smallest absolute Gasteiger partial charge is 0.324 e. The molecule has 0 saturated carbocycles. The van der Waals surface area contributed by atoms with Gasteiger partial charge >= 0.3 is 22.7 Å². The summed E-state index contributed by atoms with van der Waals surface area (Å²) in [4.78, 5) is 64.1. The van der Waals surface area contributed by atoms with Crippen LogP contribution in [0.1, 0.15) is 0 Å². The summed E-state index contributed by atoms with van der Waals surface area (Å²) in [7, 11) is 0. The number of nitrogens with two attached hydrogens (primary N) is 2. The molecule has 242 valence electrons. The normalized spacial score (nSPS) is 9.95. The number of nitrogens with zero attached hydrogens (tertiary/aromatic N) is 6. The van der Waals surface area contributed by atoms with Gasteiger partial charge in [-0.2, -0.15) is 0 Å². The average molecular weight is 638 g/mol. The highest BCUT2D eigenvalue weighted by Gasteiger charge is 2.31. The lowest BCUT2D eigenvalue weighted by Gasteiger charge is -2.03. The van der Waals surface area contributed by atoms with Gasteiger partial charge in [0.25, 0.3) is 22.9 Å². The second-order valence-corrected chi connectivity index (χ2v) is 7.17. The van der Waals surface area contributed by atoms with Gasteiger partial charge in [0, 0.05) is 0 Å². The zero-order chi connectivity index (χ0) is 34.0. The molecule has 0 saturated heterocycles. The molecule has 26 heteroatoms. The Kier molecular flexibility index (Phi) is 16.8. The Labute approximate surface area is 241 Å². The molecule has 0 bridgehead atoms. The van der Waals surface area contributed by atoms with Crippen LogP contribution in [0.4, 0.5) is 34.1 Å². The van der Waals surface area contributed by atoms with E-state index in [-0.39, 0.29) is 0 Å². The lowest BCUT2D eigenvalue weighted by molar-refractivity contribution is -0.404. The molecule has 0 atom stereocenters. The molecule has 0 heterocycles. The van der Waals surface area contributed by atoms with Crippen molar-refractivity contribution in [2.24, 2.45) is 11.8 Å². The van der Waals surface area contributed by atoms with Crippen molar-refractivity contribution < 1.29 is 58.9 Å². The predicted molar refractivity (Wildman–Crippen MR) is 138 cm³/mol. The summed E-state index contributed by atoms with van der Waals surface area (Å²) in [5, 5.41) is 80.4. The Bertz CT molecular complexity index is 1180. The van der Waals surface area contributed by atoms with Crippen LogP contribution in [-0.4, -0.2) is 79.4 Å². The number of phenolic OH excluding ortho intramolecular Hbond substituents is 2. The van der Waals surface area contributed by atoms with E-state index in [0.717, 1.165) is 0 Å². The van der Waals surface area contributed by atoms with Gasteiger partial charge in [0.1, 0.15) is 0 Å². The molecule has 2 rings (SSSR count). The molecular formula is C18H22N8O18. The number of ether oxygens (including phenoxy) is 2. The van der Waals surface area contributed by atoms with Gasteiger partial charge in [0.15, 0.2) is 0 Å². The third kappa shape index (κ3) is 12.8. The molecular weight excluding hydrogens is 616 g/mol. The van der Waals surface area contributed by atoms with E-state index in [0.29, 0.717) is 63.9 Å². The number of nitro benzene ring substituents is 6. The molecule has 2 aromatic carbocycles. The third-order valence-corrected chi connectivity index (χ3v) is 4.38. The fourth-order valence-electron chi connectivity index (χ4n) is 2.48. The van der Waals surface area contributed by atoms with Crippen molar-refractivity contribution in [1.29, 1.82) is 0 Å². The standard InChI is InChI=1S/2C6H3N3O7.C6H16N2O4/c2*10-6-4(8(13)14)1-3(7(11)12)2-5(6)9(15)16;7-11-5-3-9-1-2-10-4-6-12-8/h2*1-2,10H;1-8H2. The van der Waals surface area contributed by atoms with E-state index in [2.05, 4.69) is 9.68 Å². The minimum Gasteiger partial charge on any atom is -0.497 e. The van der Waals surface area contributed by atoms with Gasteiger partial charge in [0.2, 0.25) is 0 Å². The fourth-order valence-corrected chi connectivity index (χ4v) is 2.48. The topological polar surface area (TPSA) is 388 Å². The van der Waals surface area contributed by atoms with Gasteiger partial charge in [-0.25, -0.2) is 11.8 Å². The SMILES string of the molecule is NOCCOCCOCCON.O=[N+]([O-])c1cc([N+](=O)[O-])c(O)c([N+](=O)[O-])c1.O=[N+]([O-])c1cc([N+](=O)[O-])c(O)c([N+](=O)[O-])c1. The molecule has 0 spiro atoms. The summed E-state index contributed by atoms with van der Waals surface area (Å²) in [6.07, 6.45) is 0. The van der Waals surface area contributed by atoms with Gasteiger partial charge in [-0.05, 0) is 0 Å². The first kappa shape index (κ1) is 38.2. The molecule has 6 N–H and O–H groups in total. The third-order valence-electron chi connectivity index (χ3n) is 4.38. The van der Waals surface area contributed by atoms with Crippen LogP contribution in [0.25, 0.3) is 0 Å². The minimum atomic E-state index is -1.21. The molecule has 0 aliphatic carbocycles. The minimum absolute atomic E-state index is 0.395. The molecule has 0 amide bonds. The van der Waals surface area contributed by atoms with E-state index in [1.807, 2.05) is 0 Å². The van der Waals surface area contributed by atoms with Crippen molar-refractivity contribution in [2.45, 2.75) is 0 Å². The number of aromatic hydroxyl groups is 2. The highest BCUT2D eigenvalue weighted by atomic mass is 16.7. The first-order valence-corrected chi connectivity index (χ1v) is 11.0. The Morgan fingerprint density at radius 2 is 0.705 bits per heavy atom. The van der Waals surface area contributed by atoms with Gasteiger partial charge in [-0.1, -0.05) is 0 Å². The summed E-state index contributed by atoms with van der Waals surface area (Å²) in [5.74, 6) is 7.12. The van der Waals surface area contributed by atoms with Crippen LogP contribution >= 0.6 is 0 Å². The predicted octanol–water partition coefficient (Wildman–Crippen LogP) is 1.03.